The zero-order chi connectivity index (χ0) is 10.8. The molecule has 1 heterocycles. The minimum Gasteiger partial charge on any atom is -0.324 e. The van der Waals surface area contributed by atoms with E-state index in [9.17, 15) is 0 Å². The number of imidazole rings is 1. The molecule has 0 atom stereocenters. The highest BCUT2D eigenvalue weighted by Gasteiger charge is 2.04. The van der Waals surface area contributed by atoms with Gasteiger partial charge in [0.1, 0.15) is 0 Å². The molecule has 0 amide bonds. The molecule has 0 saturated heterocycles. The Morgan fingerprint density at radius 3 is 2.73 bits per heavy atom. The van der Waals surface area contributed by atoms with E-state index in [1.54, 1.807) is 18.3 Å². The van der Waals surface area contributed by atoms with Gasteiger partial charge in [-0.15, -0.1) is 0 Å². The van der Waals surface area contributed by atoms with Crippen molar-refractivity contribution in [2.75, 3.05) is 5.32 Å². The Morgan fingerprint density at radius 1 is 1.33 bits per heavy atom. The van der Waals surface area contributed by atoms with Gasteiger partial charge in [0.2, 0.25) is 5.95 Å². The van der Waals surface area contributed by atoms with Crippen LogP contribution in [0.25, 0.3) is 0 Å². The standard InChI is InChI=1S/C10H9Cl2N3/c1-15-5-4-13-10(15)14-9-3-2-7(11)6-8(9)12/h2-6H,1H3,(H,13,14). The molecule has 0 spiro atoms. The molecule has 0 aliphatic heterocycles. The molecule has 0 unspecified atom stereocenters. The van der Waals surface area contributed by atoms with E-state index in [0.29, 0.717) is 10.0 Å². The van der Waals surface area contributed by atoms with E-state index in [4.69, 9.17) is 23.2 Å². The van der Waals surface area contributed by atoms with Crippen molar-refractivity contribution in [2.24, 2.45) is 7.05 Å². The summed E-state index contributed by atoms with van der Waals surface area (Å²) in [6.07, 6.45) is 3.57. The summed E-state index contributed by atoms with van der Waals surface area (Å²) in [5, 5.41) is 4.30. The summed E-state index contributed by atoms with van der Waals surface area (Å²) in [5.41, 5.74) is 0.787. The Bertz CT molecular complexity index is 479. The third-order valence-electron chi connectivity index (χ3n) is 2.00. The van der Waals surface area contributed by atoms with E-state index in [0.717, 1.165) is 11.6 Å². The molecular weight excluding hydrogens is 233 g/mol. The smallest absolute Gasteiger partial charge is 0.207 e. The maximum atomic E-state index is 6.01. The van der Waals surface area contributed by atoms with Crippen LogP contribution >= 0.6 is 23.2 Å². The van der Waals surface area contributed by atoms with Crippen LogP contribution in [0.1, 0.15) is 0 Å². The highest BCUT2D eigenvalue weighted by molar-refractivity contribution is 6.36. The largest absolute Gasteiger partial charge is 0.324 e. The molecule has 0 radical (unpaired) electrons. The molecule has 0 aliphatic carbocycles. The molecule has 5 heteroatoms. The second kappa shape index (κ2) is 4.13. The van der Waals surface area contributed by atoms with Crippen molar-refractivity contribution in [1.29, 1.82) is 0 Å². The molecule has 1 aromatic heterocycles. The average Bonchev–Trinajstić information content (AvgIpc) is 2.57. The van der Waals surface area contributed by atoms with Crippen LogP contribution in [0.5, 0.6) is 0 Å². The molecule has 1 aromatic carbocycles. The number of aryl methyl sites for hydroxylation is 1. The Labute approximate surface area is 97.6 Å². The Kier molecular flexibility index (Phi) is 2.84. The first-order valence-corrected chi connectivity index (χ1v) is 5.12. The van der Waals surface area contributed by atoms with Gasteiger partial charge >= 0.3 is 0 Å². The number of benzene rings is 1. The lowest BCUT2D eigenvalue weighted by atomic mass is 10.3. The Morgan fingerprint density at radius 2 is 2.13 bits per heavy atom. The van der Waals surface area contributed by atoms with Gasteiger partial charge in [-0.3, -0.25) is 0 Å². The van der Waals surface area contributed by atoms with Crippen LogP contribution in [0.15, 0.2) is 30.6 Å². The van der Waals surface area contributed by atoms with Gasteiger partial charge in [0, 0.05) is 24.5 Å². The van der Waals surface area contributed by atoms with E-state index in [2.05, 4.69) is 10.3 Å². The molecule has 2 rings (SSSR count). The third kappa shape index (κ3) is 2.25. The first kappa shape index (κ1) is 10.3. The number of hydrogen-bond donors (Lipinski definition) is 1. The number of rotatable bonds is 2. The number of hydrogen-bond acceptors (Lipinski definition) is 2. The summed E-state index contributed by atoms with van der Waals surface area (Å²) in [6, 6.07) is 5.28. The molecule has 1 N–H and O–H groups in total. The average molecular weight is 242 g/mol. The van der Waals surface area contributed by atoms with E-state index in [-0.39, 0.29) is 0 Å². The normalized spacial score (nSPS) is 10.3. The van der Waals surface area contributed by atoms with Gasteiger partial charge in [0.15, 0.2) is 0 Å². The van der Waals surface area contributed by atoms with Crippen LogP contribution in [-0.2, 0) is 7.05 Å². The lowest BCUT2D eigenvalue weighted by Gasteiger charge is -2.07. The minimum atomic E-state index is 0.575. The number of anilines is 2. The minimum absolute atomic E-state index is 0.575. The van der Waals surface area contributed by atoms with Crippen molar-refractivity contribution < 1.29 is 0 Å². The predicted octanol–water partition coefficient (Wildman–Crippen LogP) is 3.47. The van der Waals surface area contributed by atoms with Crippen molar-refractivity contribution in [3.05, 3.63) is 40.6 Å². The maximum Gasteiger partial charge on any atom is 0.207 e. The molecular formula is C10H9Cl2N3. The second-order valence-corrected chi connectivity index (χ2v) is 3.95. The van der Waals surface area contributed by atoms with Crippen molar-refractivity contribution in [3.8, 4) is 0 Å². The molecule has 78 valence electrons. The van der Waals surface area contributed by atoms with Crippen LogP contribution in [0.3, 0.4) is 0 Å². The van der Waals surface area contributed by atoms with Crippen LogP contribution < -0.4 is 5.32 Å². The fraction of sp³-hybridized carbons (Fsp3) is 0.100. The third-order valence-corrected chi connectivity index (χ3v) is 2.55. The van der Waals surface area contributed by atoms with Crippen molar-refractivity contribution in [3.63, 3.8) is 0 Å². The van der Waals surface area contributed by atoms with Gasteiger partial charge in [-0.25, -0.2) is 4.98 Å². The molecule has 0 fully saturated rings. The van der Waals surface area contributed by atoms with Crippen LogP contribution in [-0.4, -0.2) is 9.55 Å². The number of nitrogens with zero attached hydrogens (tertiary/aromatic N) is 2. The van der Waals surface area contributed by atoms with Crippen molar-refractivity contribution >= 4 is 34.8 Å². The highest BCUT2D eigenvalue weighted by Crippen LogP contribution is 2.27. The van der Waals surface area contributed by atoms with Crippen LogP contribution in [0, 0.1) is 0 Å². The van der Waals surface area contributed by atoms with Crippen molar-refractivity contribution in [1.82, 2.24) is 9.55 Å². The highest BCUT2D eigenvalue weighted by atomic mass is 35.5. The van der Waals surface area contributed by atoms with Gasteiger partial charge in [-0.05, 0) is 18.2 Å². The van der Waals surface area contributed by atoms with E-state index in [1.165, 1.54) is 0 Å². The lowest BCUT2D eigenvalue weighted by molar-refractivity contribution is 0.924. The van der Waals surface area contributed by atoms with E-state index in [1.807, 2.05) is 23.9 Å². The fourth-order valence-corrected chi connectivity index (χ4v) is 1.65. The number of halogens is 2. The quantitative estimate of drug-likeness (QED) is 0.873. The SMILES string of the molecule is Cn1ccnc1Nc1ccc(Cl)cc1Cl. The first-order valence-electron chi connectivity index (χ1n) is 4.36. The number of aromatic nitrogens is 2. The Balaban J connectivity index is 2.29. The van der Waals surface area contributed by atoms with Gasteiger partial charge < -0.3 is 9.88 Å². The topological polar surface area (TPSA) is 29.9 Å². The molecule has 15 heavy (non-hydrogen) atoms. The summed E-state index contributed by atoms with van der Waals surface area (Å²) in [5.74, 6) is 0.735. The monoisotopic (exact) mass is 241 g/mol. The first-order chi connectivity index (χ1) is 7.16. The maximum absolute atomic E-state index is 6.01. The molecule has 2 aromatic rings. The fourth-order valence-electron chi connectivity index (χ4n) is 1.20. The van der Waals surface area contributed by atoms with Gasteiger partial charge in [-0.1, -0.05) is 23.2 Å². The number of nitrogens with one attached hydrogen (secondary N) is 1. The Hall–Kier alpha value is -1.19. The molecule has 0 saturated carbocycles. The second-order valence-electron chi connectivity index (χ2n) is 3.11. The molecule has 0 bridgehead atoms. The summed E-state index contributed by atoms with van der Waals surface area (Å²) < 4.78 is 1.87. The molecule has 0 aliphatic rings. The summed E-state index contributed by atoms with van der Waals surface area (Å²) in [4.78, 5) is 4.13. The predicted molar refractivity (Wildman–Crippen MR) is 63.0 cm³/mol. The van der Waals surface area contributed by atoms with Gasteiger partial charge in [-0.2, -0.15) is 0 Å². The zero-order valence-electron chi connectivity index (χ0n) is 8.04. The summed E-state index contributed by atoms with van der Waals surface area (Å²) >= 11 is 11.8. The van der Waals surface area contributed by atoms with E-state index >= 15 is 0 Å². The van der Waals surface area contributed by atoms with Gasteiger partial charge in [0.05, 0.1) is 10.7 Å². The molecule has 3 nitrogen and oxygen atoms in total. The zero-order valence-corrected chi connectivity index (χ0v) is 9.55. The summed E-state index contributed by atoms with van der Waals surface area (Å²) in [6.45, 7) is 0. The van der Waals surface area contributed by atoms with Crippen LogP contribution in [0.2, 0.25) is 10.0 Å². The lowest BCUT2D eigenvalue weighted by Crippen LogP contribution is -1.98. The van der Waals surface area contributed by atoms with E-state index < -0.39 is 0 Å². The van der Waals surface area contributed by atoms with Crippen LogP contribution in [0.4, 0.5) is 11.6 Å². The summed E-state index contributed by atoms with van der Waals surface area (Å²) in [7, 11) is 1.90. The van der Waals surface area contributed by atoms with Crippen molar-refractivity contribution in [2.45, 2.75) is 0 Å². The van der Waals surface area contributed by atoms with Gasteiger partial charge in [0.25, 0.3) is 0 Å².